The molecular formula is C31H45N. The number of nitrogens with zero attached hydrogens (tertiary/aromatic N) is 1. The summed E-state index contributed by atoms with van der Waals surface area (Å²) in [5.41, 5.74) is 6.91. The molecule has 1 nitrogen and oxygen atoms in total. The van der Waals surface area contributed by atoms with E-state index in [0.29, 0.717) is 11.3 Å². The highest BCUT2D eigenvalue weighted by Crippen LogP contribution is 2.69. The summed E-state index contributed by atoms with van der Waals surface area (Å²) in [4.78, 5) is 2.21. The van der Waals surface area contributed by atoms with E-state index in [4.69, 9.17) is 0 Å². The molecule has 3 fully saturated rings. The van der Waals surface area contributed by atoms with Gasteiger partial charge in [0.05, 0.1) is 0 Å². The van der Waals surface area contributed by atoms with E-state index < -0.39 is 0 Å². The molecule has 1 aromatic rings. The predicted octanol–water partition coefficient (Wildman–Crippen LogP) is 8.55. The Morgan fingerprint density at radius 2 is 1.75 bits per heavy atom. The highest BCUT2D eigenvalue weighted by atomic mass is 15.1. The first-order valence-corrected chi connectivity index (χ1v) is 13.0. The largest absolute Gasteiger partial charge is 0.378 e. The molecule has 4 rings (SSSR count). The maximum absolute atomic E-state index is 4.08. The molecule has 6 unspecified atom stereocenters. The van der Waals surface area contributed by atoms with Crippen molar-refractivity contribution in [3.8, 4) is 0 Å². The van der Waals surface area contributed by atoms with Gasteiger partial charge in [-0.3, -0.25) is 0 Å². The molecule has 0 aliphatic heterocycles. The lowest BCUT2D eigenvalue weighted by Gasteiger charge is -2.60. The third-order valence-electron chi connectivity index (χ3n) is 9.82. The lowest BCUT2D eigenvalue weighted by molar-refractivity contribution is -0.0400. The van der Waals surface area contributed by atoms with Crippen LogP contribution < -0.4 is 4.90 Å². The Hall–Kier alpha value is -1.76. The summed E-state index contributed by atoms with van der Waals surface area (Å²) >= 11 is 0. The fraction of sp³-hybridized carbons (Fsp3) is 0.613. The Balaban J connectivity index is 1.85. The molecule has 3 aliphatic rings. The molecule has 32 heavy (non-hydrogen) atoms. The van der Waals surface area contributed by atoms with Crippen molar-refractivity contribution in [3.05, 3.63) is 65.8 Å². The van der Waals surface area contributed by atoms with Gasteiger partial charge >= 0.3 is 0 Å². The molecule has 3 saturated carbocycles. The lowest BCUT2D eigenvalue weighted by atomic mass is 9.44. The highest BCUT2D eigenvalue weighted by molar-refractivity contribution is 5.47. The smallest absolute Gasteiger partial charge is 0.0361 e. The SMILES string of the molecule is C=C/C=C1/CCC2C(C(c3ccc(N(C)C)cc3)CC3(C)/C(=C/C)CCC23)C1(C)CCC. The predicted molar refractivity (Wildman–Crippen MR) is 140 cm³/mol. The minimum absolute atomic E-state index is 0.275. The van der Waals surface area contributed by atoms with Gasteiger partial charge in [-0.15, -0.1) is 0 Å². The van der Waals surface area contributed by atoms with Crippen LogP contribution in [0.25, 0.3) is 0 Å². The van der Waals surface area contributed by atoms with Gasteiger partial charge in [0.25, 0.3) is 0 Å². The molecular weight excluding hydrogens is 386 g/mol. The number of rotatable bonds is 5. The monoisotopic (exact) mass is 431 g/mol. The van der Waals surface area contributed by atoms with Crippen LogP contribution >= 0.6 is 0 Å². The van der Waals surface area contributed by atoms with Crippen LogP contribution in [0, 0.1) is 28.6 Å². The van der Waals surface area contributed by atoms with E-state index in [1.165, 1.54) is 50.6 Å². The van der Waals surface area contributed by atoms with Gasteiger partial charge in [-0.05, 0) is 97.6 Å². The zero-order valence-corrected chi connectivity index (χ0v) is 21.5. The van der Waals surface area contributed by atoms with Crippen molar-refractivity contribution in [2.45, 2.75) is 78.6 Å². The molecule has 3 aliphatic carbocycles. The van der Waals surface area contributed by atoms with Crippen LogP contribution in [0.4, 0.5) is 5.69 Å². The van der Waals surface area contributed by atoms with Gasteiger partial charge in [-0.1, -0.05) is 75.3 Å². The van der Waals surface area contributed by atoms with Crippen LogP contribution in [-0.4, -0.2) is 14.1 Å². The Bertz CT molecular complexity index is 888. The Labute approximate surface area is 197 Å². The molecule has 6 atom stereocenters. The second-order valence-electron chi connectivity index (χ2n) is 11.5. The van der Waals surface area contributed by atoms with Gasteiger partial charge in [0.2, 0.25) is 0 Å². The van der Waals surface area contributed by atoms with Gasteiger partial charge in [0.15, 0.2) is 0 Å². The van der Waals surface area contributed by atoms with Crippen LogP contribution in [0.2, 0.25) is 0 Å². The molecule has 1 aromatic carbocycles. The van der Waals surface area contributed by atoms with Crippen LogP contribution in [0.5, 0.6) is 0 Å². The van der Waals surface area contributed by atoms with Crippen LogP contribution in [0.3, 0.4) is 0 Å². The third-order valence-corrected chi connectivity index (χ3v) is 9.82. The second kappa shape index (κ2) is 8.88. The van der Waals surface area contributed by atoms with Gasteiger partial charge in [0, 0.05) is 19.8 Å². The number of allylic oxidation sites excluding steroid dienone is 5. The summed E-state index contributed by atoms with van der Waals surface area (Å²) in [6.45, 7) is 14.0. The second-order valence-corrected chi connectivity index (χ2v) is 11.5. The van der Waals surface area contributed by atoms with Gasteiger partial charge in [0.1, 0.15) is 0 Å². The fourth-order valence-electron chi connectivity index (χ4n) is 8.46. The summed E-state index contributed by atoms with van der Waals surface area (Å²) in [6, 6.07) is 9.57. The minimum Gasteiger partial charge on any atom is -0.378 e. The van der Waals surface area contributed by atoms with E-state index in [1.54, 1.807) is 16.7 Å². The zero-order valence-electron chi connectivity index (χ0n) is 21.5. The fourth-order valence-corrected chi connectivity index (χ4v) is 8.46. The number of benzene rings is 1. The molecule has 1 heteroatoms. The van der Waals surface area contributed by atoms with Crippen molar-refractivity contribution in [2.24, 2.45) is 28.6 Å². The van der Waals surface area contributed by atoms with E-state index in [-0.39, 0.29) is 5.41 Å². The summed E-state index contributed by atoms with van der Waals surface area (Å²) in [6.07, 6.45) is 16.1. The Morgan fingerprint density at radius 1 is 1.06 bits per heavy atom. The standard InChI is InChI=1S/C31H45N/c1-8-11-24-14-18-26-28-19-15-23(10-3)31(28,5)21-27(29(26)30(24,4)20-9-2)22-12-16-25(17-13-22)32(6)7/h8,10-13,16-17,26-29H,1,9,14-15,18-21H2,2-7H3/b23-10+,24-11-. The molecule has 0 spiro atoms. The number of hydrogen-bond donors (Lipinski definition) is 0. The first kappa shape index (κ1) is 23.4. The van der Waals surface area contributed by atoms with Gasteiger partial charge in [-0.2, -0.15) is 0 Å². The Kier molecular flexibility index (Phi) is 6.49. The lowest BCUT2D eigenvalue weighted by Crippen LogP contribution is -2.52. The molecule has 0 amide bonds. The van der Waals surface area contributed by atoms with E-state index >= 15 is 0 Å². The Morgan fingerprint density at radius 3 is 2.34 bits per heavy atom. The third kappa shape index (κ3) is 3.61. The average Bonchev–Trinajstić information content (AvgIpc) is 3.11. The molecule has 0 saturated heterocycles. The van der Waals surface area contributed by atoms with Crippen molar-refractivity contribution in [3.63, 3.8) is 0 Å². The van der Waals surface area contributed by atoms with E-state index in [0.717, 1.165) is 17.8 Å². The van der Waals surface area contributed by atoms with Crippen molar-refractivity contribution in [2.75, 3.05) is 19.0 Å². The molecule has 0 aromatic heterocycles. The number of fused-ring (bicyclic) bond motifs is 3. The van der Waals surface area contributed by atoms with Crippen molar-refractivity contribution in [1.82, 2.24) is 0 Å². The summed E-state index contributed by atoms with van der Waals surface area (Å²) in [5, 5.41) is 0. The zero-order chi connectivity index (χ0) is 23.1. The summed E-state index contributed by atoms with van der Waals surface area (Å²) in [5.74, 6) is 3.01. The van der Waals surface area contributed by atoms with E-state index in [2.05, 4.69) is 89.7 Å². The van der Waals surface area contributed by atoms with E-state index in [1.807, 2.05) is 6.08 Å². The average molecular weight is 432 g/mol. The first-order chi connectivity index (χ1) is 15.3. The van der Waals surface area contributed by atoms with Crippen molar-refractivity contribution < 1.29 is 0 Å². The number of hydrogen-bond acceptors (Lipinski definition) is 1. The maximum Gasteiger partial charge on any atom is 0.0361 e. The summed E-state index contributed by atoms with van der Waals surface area (Å²) < 4.78 is 0. The first-order valence-electron chi connectivity index (χ1n) is 13.0. The normalized spacial score (nSPS) is 39.1. The molecule has 0 radical (unpaired) electrons. The highest BCUT2D eigenvalue weighted by Gasteiger charge is 2.60. The van der Waals surface area contributed by atoms with Crippen LogP contribution in [-0.2, 0) is 0 Å². The van der Waals surface area contributed by atoms with Crippen LogP contribution in [0.15, 0.2) is 60.2 Å². The molecule has 0 heterocycles. The topological polar surface area (TPSA) is 3.24 Å². The van der Waals surface area contributed by atoms with E-state index in [9.17, 15) is 0 Å². The number of anilines is 1. The van der Waals surface area contributed by atoms with Crippen LogP contribution in [0.1, 0.15) is 84.1 Å². The van der Waals surface area contributed by atoms with Crippen molar-refractivity contribution >= 4 is 5.69 Å². The quantitative estimate of drug-likeness (QED) is 0.422. The molecule has 174 valence electrons. The molecule has 0 bridgehead atoms. The van der Waals surface area contributed by atoms with Crippen molar-refractivity contribution in [1.29, 1.82) is 0 Å². The molecule has 0 N–H and O–H groups in total. The minimum atomic E-state index is 0.275. The van der Waals surface area contributed by atoms with Gasteiger partial charge in [-0.25, -0.2) is 0 Å². The maximum atomic E-state index is 4.08. The summed E-state index contributed by atoms with van der Waals surface area (Å²) in [7, 11) is 4.28. The van der Waals surface area contributed by atoms with Gasteiger partial charge < -0.3 is 4.90 Å².